The first-order valence-corrected chi connectivity index (χ1v) is 9.02. The van der Waals surface area contributed by atoms with Crippen LogP contribution in [0.4, 0.5) is 15.3 Å². The van der Waals surface area contributed by atoms with Gasteiger partial charge in [0.05, 0.1) is 6.54 Å². The Balaban J connectivity index is 2.13. The lowest BCUT2D eigenvalue weighted by molar-refractivity contribution is 0.000586. The molecule has 2 rings (SSSR count). The van der Waals surface area contributed by atoms with Gasteiger partial charge in [-0.25, -0.2) is 14.5 Å². The van der Waals surface area contributed by atoms with E-state index in [4.69, 9.17) is 9.47 Å². The van der Waals surface area contributed by atoms with E-state index in [2.05, 4.69) is 11.4 Å². The molecular weight excluding hydrogens is 332 g/mol. The maximum atomic E-state index is 12.6. The first kappa shape index (κ1) is 20.1. The van der Waals surface area contributed by atoms with E-state index in [1.165, 1.54) is 5.56 Å². The molecule has 0 radical (unpaired) electrons. The van der Waals surface area contributed by atoms with E-state index in [-0.39, 0.29) is 12.6 Å². The van der Waals surface area contributed by atoms with Gasteiger partial charge in [-0.05, 0) is 66.0 Å². The SMILES string of the molecule is CC(C)(C)OC(=O)N(CC1CCc2ccccc2N1)C(=O)OC(C)(C)C. The largest absolute Gasteiger partial charge is 0.443 e. The Morgan fingerprint density at radius 3 is 2.12 bits per heavy atom. The molecule has 1 aromatic carbocycles. The van der Waals surface area contributed by atoms with Crippen LogP contribution in [0.3, 0.4) is 0 Å². The summed E-state index contributed by atoms with van der Waals surface area (Å²) >= 11 is 0. The lowest BCUT2D eigenvalue weighted by Gasteiger charge is -2.33. The van der Waals surface area contributed by atoms with Gasteiger partial charge in [0.1, 0.15) is 11.2 Å². The minimum atomic E-state index is -0.691. The van der Waals surface area contributed by atoms with Crippen LogP contribution in [0, 0.1) is 0 Å². The number of para-hydroxylation sites is 1. The van der Waals surface area contributed by atoms with Crippen molar-refractivity contribution in [3.63, 3.8) is 0 Å². The van der Waals surface area contributed by atoms with Gasteiger partial charge in [0.2, 0.25) is 0 Å². The summed E-state index contributed by atoms with van der Waals surface area (Å²) in [5.74, 6) is 0. The molecule has 1 heterocycles. The van der Waals surface area contributed by atoms with Crippen molar-refractivity contribution in [2.75, 3.05) is 11.9 Å². The number of aryl methyl sites for hydroxylation is 1. The normalized spacial score (nSPS) is 16.9. The zero-order valence-corrected chi connectivity index (χ0v) is 16.6. The van der Waals surface area contributed by atoms with Gasteiger partial charge in [0, 0.05) is 11.7 Å². The number of nitrogens with one attached hydrogen (secondary N) is 1. The summed E-state index contributed by atoms with van der Waals surface area (Å²) in [4.78, 5) is 26.2. The molecule has 2 amide bonds. The van der Waals surface area contributed by atoms with Crippen LogP contribution >= 0.6 is 0 Å². The highest BCUT2D eigenvalue weighted by atomic mass is 16.6. The van der Waals surface area contributed by atoms with Crippen molar-refractivity contribution < 1.29 is 19.1 Å². The number of rotatable bonds is 2. The average molecular weight is 362 g/mol. The predicted molar refractivity (Wildman–Crippen MR) is 101 cm³/mol. The quantitative estimate of drug-likeness (QED) is 0.834. The molecule has 144 valence electrons. The van der Waals surface area contributed by atoms with Gasteiger partial charge >= 0.3 is 12.2 Å². The molecule has 26 heavy (non-hydrogen) atoms. The summed E-state index contributed by atoms with van der Waals surface area (Å²) < 4.78 is 10.8. The minimum Gasteiger partial charge on any atom is -0.443 e. The molecule has 0 aliphatic carbocycles. The zero-order chi connectivity index (χ0) is 19.5. The van der Waals surface area contributed by atoms with Gasteiger partial charge in [0.25, 0.3) is 0 Å². The zero-order valence-electron chi connectivity index (χ0n) is 16.6. The molecule has 6 heteroatoms. The Morgan fingerprint density at radius 2 is 1.58 bits per heavy atom. The third-order valence-electron chi connectivity index (χ3n) is 3.77. The van der Waals surface area contributed by atoms with Crippen LogP contribution in [0.15, 0.2) is 24.3 Å². The monoisotopic (exact) mass is 362 g/mol. The van der Waals surface area contributed by atoms with Gasteiger partial charge in [-0.1, -0.05) is 18.2 Å². The van der Waals surface area contributed by atoms with Gasteiger partial charge in [-0.2, -0.15) is 0 Å². The lowest BCUT2D eigenvalue weighted by atomic mass is 9.98. The Morgan fingerprint density at radius 1 is 1.04 bits per heavy atom. The highest BCUT2D eigenvalue weighted by molar-refractivity contribution is 5.88. The van der Waals surface area contributed by atoms with Crippen LogP contribution < -0.4 is 5.32 Å². The molecule has 1 aliphatic heterocycles. The van der Waals surface area contributed by atoms with Crippen molar-refractivity contribution in [2.45, 2.75) is 71.6 Å². The van der Waals surface area contributed by atoms with E-state index < -0.39 is 23.4 Å². The fraction of sp³-hybridized carbons (Fsp3) is 0.600. The highest BCUT2D eigenvalue weighted by Crippen LogP contribution is 2.25. The number of amides is 2. The van der Waals surface area contributed by atoms with Crippen molar-refractivity contribution >= 4 is 17.9 Å². The number of hydrogen-bond donors (Lipinski definition) is 1. The van der Waals surface area contributed by atoms with Crippen molar-refractivity contribution in [1.29, 1.82) is 0 Å². The van der Waals surface area contributed by atoms with E-state index in [0.717, 1.165) is 23.4 Å². The standard InChI is InChI=1S/C20H30N2O4/c1-19(2,3)25-17(23)22(18(24)26-20(4,5)6)13-15-12-11-14-9-7-8-10-16(14)21-15/h7-10,15,21H,11-13H2,1-6H3. The molecule has 1 aromatic rings. The lowest BCUT2D eigenvalue weighted by Crippen LogP contribution is -2.48. The molecule has 1 unspecified atom stereocenters. The van der Waals surface area contributed by atoms with Crippen LogP contribution in [0.2, 0.25) is 0 Å². The number of anilines is 1. The van der Waals surface area contributed by atoms with E-state index in [1.54, 1.807) is 41.5 Å². The summed E-state index contributed by atoms with van der Waals surface area (Å²) in [5.41, 5.74) is 0.898. The number of hydrogen-bond acceptors (Lipinski definition) is 5. The fourth-order valence-electron chi connectivity index (χ4n) is 2.72. The maximum Gasteiger partial charge on any atom is 0.419 e. The van der Waals surface area contributed by atoms with E-state index in [1.807, 2.05) is 18.2 Å². The topological polar surface area (TPSA) is 67.9 Å². The van der Waals surface area contributed by atoms with Gasteiger partial charge in [0.15, 0.2) is 0 Å². The molecule has 0 aromatic heterocycles. The molecule has 0 fully saturated rings. The van der Waals surface area contributed by atoms with E-state index in [9.17, 15) is 9.59 Å². The smallest absolute Gasteiger partial charge is 0.419 e. The van der Waals surface area contributed by atoms with Gasteiger partial charge in [-0.15, -0.1) is 0 Å². The first-order valence-electron chi connectivity index (χ1n) is 9.02. The van der Waals surface area contributed by atoms with Crippen molar-refractivity contribution in [3.05, 3.63) is 29.8 Å². The van der Waals surface area contributed by atoms with Crippen LogP contribution in [0.1, 0.15) is 53.5 Å². The molecule has 1 aliphatic rings. The number of imide groups is 1. The third-order valence-corrected chi connectivity index (χ3v) is 3.77. The average Bonchev–Trinajstić information content (AvgIpc) is 2.48. The number of nitrogens with zero attached hydrogens (tertiary/aromatic N) is 1. The number of carbonyl (C=O) groups excluding carboxylic acids is 2. The first-order chi connectivity index (χ1) is 11.9. The Bertz CT molecular complexity index is 631. The fourth-order valence-corrected chi connectivity index (χ4v) is 2.72. The summed E-state index contributed by atoms with van der Waals surface area (Å²) in [6.45, 7) is 10.8. The summed E-state index contributed by atoms with van der Waals surface area (Å²) in [6.07, 6.45) is 0.337. The van der Waals surface area contributed by atoms with E-state index >= 15 is 0 Å². The summed E-state index contributed by atoms with van der Waals surface area (Å²) in [6, 6.07) is 8.01. The number of carbonyl (C=O) groups is 2. The summed E-state index contributed by atoms with van der Waals surface area (Å²) in [5, 5.41) is 3.41. The Hall–Kier alpha value is -2.24. The van der Waals surface area contributed by atoms with Crippen molar-refractivity contribution in [1.82, 2.24) is 4.90 Å². The van der Waals surface area contributed by atoms with Crippen LogP contribution in [-0.2, 0) is 15.9 Å². The molecule has 0 bridgehead atoms. The molecular formula is C20H30N2O4. The minimum absolute atomic E-state index is 0.0510. The van der Waals surface area contributed by atoms with Gasteiger partial charge < -0.3 is 14.8 Å². The number of ether oxygens (including phenoxy) is 2. The third kappa shape index (κ3) is 5.93. The second-order valence-corrected chi connectivity index (χ2v) is 8.61. The molecule has 1 N–H and O–H groups in total. The van der Waals surface area contributed by atoms with Crippen LogP contribution in [0.5, 0.6) is 0 Å². The molecule has 0 spiro atoms. The number of benzene rings is 1. The van der Waals surface area contributed by atoms with Crippen LogP contribution in [0.25, 0.3) is 0 Å². The molecule has 0 saturated heterocycles. The Labute approximate surface area is 155 Å². The van der Waals surface area contributed by atoms with E-state index in [0.29, 0.717) is 0 Å². The molecule has 0 saturated carbocycles. The van der Waals surface area contributed by atoms with Crippen molar-refractivity contribution in [2.24, 2.45) is 0 Å². The van der Waals surface area contributed by atoms with Crippen LogP contribution in [-0.4, -0.2) is 40.9 Å². The maximum absolute atomic E-state index is 12.6. The number of fused-ring (bicyclic) bond motifs is 1. The second kappa shape index (κ2) is 7.56. The van der Waals surface area contributed by atoms with Gasteiger partial charge in [-0.3, -0.25) is 0 Å². The summed E-state index contributed by atoms with van der Waals surface area (Å²) in [7, 11) is 0. The second-order valence-electron chi connectivity index (χ2n) is 8.61. The predicted octanol–water partition coefficient (Wildman–Crippen LogP) is 4.59. The van der Waals surface area contributed by atoms with Crippen molar-refractivity contribution in [3.8, 4) is 0 Å². The Kier molecular flexibility index (Phi) is 5.84. The highest BCUT2D eigenvalue weighted by Gasteiger charge is 2.33. The molecule has 6 nitrogen and oxygen atoms in total. The molecule has 1 atom stereocenters.